The number of aliphatic imine (C=N–C) groups is 1. The highest BCUT2D eigenvalue weighted by Crippen LogP contribution is 2.24. The molecule has 0 saturated heterocycles. The van der Waals surface area contributed by atoms with E-state index in [4.69, 9.17) is 16.9 Å². The molecule has 1 aliphatic carbocycles. The molecule has 0 aliphatic heterocycles. The van der Waals surface area contributed by atoms with Gasteiger partial charge in [-0.2, -0.15) is 0 Å². The van der Waals surface area contributed by atoms with Crippen LogP contribution in [0.15, 0.2) is 53.7 Å². The van der Waals surface area contributed by atoms with Crippen LogP contribution in [0.25, 0.3) is 5.70 Å². The number of aldehydes is 1. The van der Waals surface area contributed by atoms with Gasteiger partial charge < -0.3 is 32.1 Å². The maximum absolute atomic E-state index is 12.7. The van der Waals surface area contributed by atoms with Crippen LogP contribution in [0.4, 0.5) is 5.69 Å². The van der Waals surface area contributed by atoms with Crippen molar-refractivity contribution in [2.24, 2.45) is 10.7 Å². The number of hydrogen-bond acceptors (Lipinski definition) is 7. The Hall–Kier alpha value is -4.67. The standard InChI is InChI=1S/C25H29N7O4/c1-32(13-23(34)30-11-15-2-4-16(5-3-15)24(27)28)21(12-29-22(14-33)31-20-6-7-20)17-8-18(25(35)36)10-19(26)9-17/h2-5,8-10,12,14,20H,6-7,11,13,26H2,1H3,(H3,27,28)(H,29,31)(H,30,34)(H,35,36)/b21-12-. The highest BCUT2D eigenvalue weighted by atomic mass is 16.4. The summed E-state index contributed by atoms with van der Waals surface area (Å²) in [5.41, 5.74) is 13.9. The van der Waals surface area contributed by atoms with Crippen molar-refractivity contribution >= 4 is 41.2 Å². The predicted molar refractivity (Wildman–Crippen MR) is 137 cm³/mol. The molecule has 0 atom stereocenters. The quantitative estimate of drug-likeness (QED) is 0.117. The second-order valence-corrected chi connectivity index (χ2v) is 8.43. The summed E-state index contributed by atoms with van der Waals surface area (Å²) in [6.45, 7) is 0.208. The number of anilines is 1. The summed E-state index contributed by atoms with van der Waals surface area (Å²) in [6.07, 6.45) is 3.96. The number of nitrogens with one attached hydrogen (secondary N) is 3. The number of hydrogen-bond donors (Lipinski definition) is 6. The van der Waals surface area contributed by atoms with Gasteiger partial charge >= 0.3 is 5.97 Å². The van der Waals surface area contributed by atoms with Gasteiger partial charge in [-0.1, -0.05) is 24.3 Å². The Balaban J connectivity index is 1.77. The summed E-state index contributed by atoms with van der Waals surface area (Å²) in [7, 11) is 1.66. The molecule has 188 valence electrons. The lowest BCUT2D eigenvalue weighted by Gasteiger charge is -2.23. The van der Waals surface area contributed by atoms with Crippen molar-refractivity contribution in [3.05, 3.63) is 70.9 Å². The summed E-state index contributed by atoms with van der Waals surface area (Å²) in [5.74, 6) is -1.32. The molecule has 0 unspecified atom stereocenters. The summed E-state index contributed by atoms with van der Waals surface area (Å²) in [4.78, 5) is 41.5. The molecule has 11 heteroatoms. The largest absolute Gasteiger partial charge is 0.478 e. The van der Waals surface area contributed by atoms with Crippen LogP contribution in [-0.2, 0) is 16.1 Å². The fourth-order valence-electron chi connectivity index (χ4n) is 3.34. The van der Waals surface area contributed by atoms with Crippen LogP contribution < -0.4 is 22.1 Å². The predicted octanol–water partition coefficient (Wildman–Crippen LogP) is 1.15. The number of nitrogens with zero attached hydrogens (tertiary/aromatic N) is 2. The number of nitrogen functional groups attached to an aromatic ring is 2. The van der Waals surface area contributed by atoms with E-state index in [0.29, 0.717) is 23.1 Å². The number of likely N-dealkylation sites (N-methyl/N-ethyl adjacent to an activating group) is 1. The van der Waals surface area contributed by atoms with Crippen LogP contribution in [0.3, 0.4) is 0 Å². The third kappa shape index (κ3) is 7.42. The average molecular weight is 492 g/mol. The van der Waals surface area contributed by atoms with E-state index in [0.717, 1.165) is 18.4 Å². The van der Waals surface area contributed by atoms with Crippen molar-refractivity contribution in [3.8, 4) is 0 Å². The average Bonchev–Trinajstić information content (AvgIpc) is 3.66. The van der Waals surface area contributed by atoms with Crippen molar-refractivity contribution in [1.82, 2.24) is 15.5 Å². The van der Waals surface area contributed by atoms with Gasteiger partial charge in [-0.3, -0.25) is 20.0 Å². The number of carbonyl (C=O) groups is 3. The summed E-state index contributed by atoms with van der Waals surface area (Å²) >= 11 is 0. The van der Waals surface area contributed by atoms with Gasteiger partial charge in [-0.15, -0.1) is 0 Å². The van der Waals surface area contributed by atoms with E-state index >= 15 is 0 Å². The minimum Gasteiger partial charge on any atom is -0.478 e. The molecule has 1 aliphatic rings. The molecule has 0 spiro atoms. The topological polar surface area (TPSA) is 187 Å². The van der Waals surface area contributed by atoms with E-state index in [2.05, 4.69) is 15.6 Å². The summed E-state index contributed by atoms with van der Waals surface area (Å²) < 4.78 is 0. The van der Waals surface area contributed by atoms with Crippen molar-refractivity contribution < 1.29 is 19.5 Å². The fourth-order valence-corrected chi connectivity index (χ4v) is 3.34. The van der Waals surface area contributed by atoms with Gasteiger partial charge in [0, 0.05) is 36.6 Å². The van der Waals surface area contributed by atoms with Crippen LogP contribution in [-0.4, -0.2) is 59.5 Å². The molecule has 1 saturated carbocycles. The van der Waals surface area contributed by atoms with Crippen molar-refractivity contribution in [2.45, 2.75) is 25.4 Å². The SMILES string of the molecule is CN(CC(=O)NCc1ccc(C(=N)N)cc1)/C(=C\NC(C=O)=NC1CC1)c1cc(N)cc(C(=O)O)c1. The highest BCUT2D eigenvalue weighted by Gasteiger charge is 2.21. The first-order chi connectivity index (χ1) is 17.2. The molecule has 3 rings (SSSR count). The molecule has 8 N–H and O–H groups in total. The molecule has 1 fully saturated rings. The van der Waals surface area contributed by atoms with Crippen molar-refractivity contribution in [3.63, 3.8) is 0 Å². The number of carboxylic acid groups (broad SMARTS) is 1. The Morgan fingerprint density at radius 2 is 1.83 bits per heavy atom. The molecule has 0 bridgehead atoms. The van der Waals surface area contributed by atoms with Crippen LogP contribution in [0.1, 0.15) is 39.9 Å². The van der Waals surface area contributed by atoms with Gasteiger partial charge in [0.2, 0.25) is 5.91 Å². The van der Waals surface area contributed by atoms with Crippen molar-refractivity contribution in [1.29, 1.82) is 5.41 Å². The summed E-state index contributed by atoms with van der Waals surface area (Å²) in [5, 5.41) is 22.6. The number of amidine groups is 2. The van der Waals surface area contributed by atoms with E-state index in [-0.39, 0.29) is 48.0 Å². The summed E-state index contributed by atoms with van der Waals surface area (Å²) in [6, 6.07) is 11.4. The van der Waals surface area contributed by atoms with Crippen molar-refractivity contribution in [2.75, 3.05) is 19.3 Å². The number of carbonyl (C=O) groups excluding carboxylic acids is 2. The fraction of sp³-hybridized carbons (Fsp3) is 0.240. The second-order valence-electron chi connectivity index (χ2n) is 8.43. The lowest BCUT2D eigenvalue weighted by molar-refractivity contribution is -0.121. The maximum atomic E-state index is 12.7. The number of carboxylic acids is 1. The smallest absolute Gasteiger partial charge is 0.335 e. The molecular weight excluding hydrogens is 462 g/mol. The lowest BCUT2D eigenvalue weighted by atomic mass is 10.1. The molecule has 2 aromatic rings. The third-order valence-corrected chi connectivity index (χ3v) is 5.38. The zero-order valence-electron chi connectivity index (χ0n) is 19.8. The number of amides is 1. The minimum atomic E-state index is -1.14. The van der Waals surface area contributed by atoms with Crippen LogP contribution in [0.5, 0.6) is 0 Å². The Labute approximate surface area is 208 Å². The third-order valence-electron chi connectivity index (χ3n) is 5.38. The molecule has 36 heavy (non-hydrogen) atoms. The molecular formula is C25H29N7O4. The number of nitrogens with two attached hydrogens (primary N) is 2. The Kier molecular flexibility index (Phi) is 8.39. The zero-order chi connectivity index (χ0) is 26.2. The van der Waals surface area contributed by atoms with Gasteiger partial charge in [0.15, 0.2) is 12.1 Å². The first-order valence-electron chi connectivity index (χ1n) is 11.2. The monoisotopic (exact) mass is 491 g/mol. The maximum Gasteiger partial charge on any atom is 0.335 e. The highest BCUT2D eigenvalue weighted by molar-refractivity contribution is 6.27. The Bertz CT molecular complexity index is 1220. The van der Waals surface area contributed by atoms with Crippen LogP contribution in [0, 0.1) is 5.41 Å². The molecule has 0 aromatic heterocycles. The van der Waals surface area contributed by atoms with E-state index in [1.54, 1.807) is 42.3 Å². The van der Waals surface area contributed by atoms with Gasteiger partial charge in [-0.25, -0.2) is 4.79 Å². The molecule has 0 radical (unpaired) electrons. The van der Waals surface area contributed by atoms with E-state index in [1.807, 2.05) is 0 Å². The minimum absolute atomic E-state index is 0.00924. The molecule has 0 heterocycles. The first kappa shape index (κ1) is 25.9. The van der Waals surface area contributed by atoms with Gasteiger partial charge in [0.1, 0.15) is 5.84 Å². The molecule has 1 amide bonds. The Morgan fingerprint density at radius 1 is 1.17 bits per heavy atom. The number of aromatic carboxylic acids is 1. The number of rotatable bonds is 11. The van der Waals surface area contributed by atoms with Crippen LogP contribution in [0.2, 0.25) is 0 Å². The van der Waals surface area contributed by atoms with Gasteiger partial charge in [0.25, 0.3) is 0 Å². The van der Waals surface area contributed by atoms with E-state index in [9.17, 15) is 19.5 Å². The van der Waals surface area contributed by atoms with Crippen LogP contribution >= 0.6 is 0 Å². The van der Waals surface area contributed by atoms with Gasteiger partial charge in [0.05, 0.1) is 23.8 Å². The molecule has 11 nitrogen and oxygen atoms in total. The second kappa shape index (κ2) is 11.6. The first-order valence-corrected chi connectivity index (χ1v) is 11.2. The normalized spacial score (nSPS) is 13.6. The number of benzene rings is 2. The Morgan fingerprint density at radius 3 is 2.42 bits per heavy atom. The van der Waals surface area contributed by atoms with E-state index < -0.39 is 5.97 Å². The zero-order valence-corrected chi connectivity index (χ0v) is 19.8. The molecule has 2 aromatic carbocycles. The lowest BCUT2D eigenvalue weighted by Crippen LogP contribution is -2.35. The van der Waals surface area contributed by atoms with Gasteiger partial charge in [-0.05, 0) is 36.6 Å². The van der Waals surface area contributed by atoms with E-state index in [1.165, 1.54) is 18.3 Å².